The van der Waals surface area contributed by atoms with Gasteiger partial charge in [-0.25, -0.2) is 9.18 Å². The van der Waals surface area contributed by atoms with Gasteiger partial charge in [0.2, 0.25) is 0 Å². The SMILES string of the molecule is CC(C)(C)OC(=O)N1C2CCC1CC(C(=O)Cc1ccc(F)c(C(F)(F)F)c1)C2. The molecule has 1 amide bonds. The molecule has 1 aromatic carbocycles. The fourth-order valence-electron chi connectivity index (χ4n) is 4.30. The number of carbonyl (C=O) groups excluding carboxylic acids is 2. The van der Waals surface area contributed by atoms with Crippen LogP contribution in [-0.4, -0.2) is 34.5 Å². The summed E-state index contributed by atoms with van der Waals surface area (Å²) in [6.45, 7) is 5.38. The van der Waals surface area contributed by atoms with Crippen molar-refractivity contribution in [1.82, 2.24) is 4.90 Å². The van der Waals surface area contributed by atoms with Gasteiger partial charge in [0.1, 0.15) is 17.2 Å². The van der Waals surface area contributed by atoms with E-state index in [0.29, 0.717) is 18.9 Å². The maximum absolute atomic E-state index is 13.5. The Bertz CT molecular complexity index is 786. The largest absolute Gasteiger partial charge is 0.444 e. The van der Waals surface area contributed by atoms with Gasteiger partial charge in [-0.3, -0.25) is 4.79 Å². The molecule has 8 heteroatoms. The maximum atomic E-state index is 13.5. The number of ketones is 1. The second kappa shape index (κ2) is 7.61. The van der Waals surface area contributed by atoms with Crippen molar-refractivity contribution < 1.29 is 31.9 Å². The smallest absolute Gasteiger partial charge is 0.419 e. The molecular weight excluding hydrogens is 390 g/mol. The molecule has 2 saturated heterocycles. The number of rotatable bonds is 3. The number of carbonyl (C=O) groups is 2. The predicted molar refractivity (Wildman–Crippen MR) is 97.7 cm³/mol. The lowest BCUT2D eigenvalue weighted by molar-refractivity contribution is -0.140. The third kappa shape index (κ3) is 4.90. The van der Waals surface area contributed by atoms with Gasteiger partial charge in [-0.2, -0.15) is 13.2 Å². The van der Waals surface area contributed by atoms with Gasteiger partial charge < -0.3 is 9.64 Å². The quantitative estimate of drug-likeness (QED) is 0.643. The molecule has 2 atom stereocenters. The number of fused-ring (bicyclic) bond motifs is 2. The summed E-state index contributed by atoms with van der Waals surface area (Å²) in [6.07, 6.45) is -2.86. The Morgan fingerprint density at radius 1 is 1.10 bits per heavy atom. The van der Waals surface area contributed by atoms with Crippen LogP contribution in [-0.2, 0) is 22.1 Å². The molecular formula is C21H25F4NO3. The Morgan fingerprint density at radius 3 is 2.21 bits per heavy atom. The van der Waals surface area contributed by atoms with E-state index in [4.69, 9.17) is 4.74 Å². The highest BCUT2D eigenvalue weighted by molar-refractivity contribution is 5.84. The normalized spacial score (nSPS) is 24.5. The van der Waals surface area contributed by atoms with Gasteiger partial charge in [0, 0.05) is 24.4 Å². The fourth-order valence-corrected chi connectivity index (χ4v) is 4.30. The Morgan fingerprint density at radius 2 is 1.69 bits per heavy atom. The second-order valence-electron chi connectivity index (χ2n) is 8.90. The standard InChI is InChI=1S/C21H25F4NO3/c1-20(2,3)29-19(28)26-14-5-6-15(26)11-13(10-14)18(27)9-12-4-7-17(22)16(8-12)21(23,24)25/h4,7-8,13-15H,5-6,9-11H2,1-3H3. The molecule has 0 spiro atoms. The van der Waals surface area contributed by atoms with E-state index in [1.807, 2.05) is 0 Å². The van der Waals surface area contributed by atoms with Crippen molar-refractivity contribution in [2.75, 3.05) is 0 Å². The van der Waals surface area contributed by atoms with Crippen LogP contribution in [0.2, 0.25) is 0 Å². The van der Waals surface area contributed by atoms with E-state index in [9.17, 15) is 27.2 Å². The van der Waals surface area contributed by atoms with Crippen molar-refractivity contribution in [3.8, 4) is 0 Å². The second-order valence-corrected chi connectivity index (χ2v) is 8.90. The van der Waals surface area contributed by atoms with Crippen LogP contribution in [0.3, 0.4) is 0 Å². The number of benzene rings is 1. The molecule has 2 unspecified atom stereocenters. The Labute approximate surface area is 167 Å². The number of hydrogen-bond acceptors (Lipinski definition) is 3. The van der Waals surface area contributed by atoms with Gasteiger partial charge in [0.25, 0.3) is 0 Å². The number of Topliss-reactive ketones (excluding diaryl/α,β-unsaturated/α-hetero) is 1. The maximum Gasteiger partial charge on any atom is 0.419 e. The summed E-state index contributed by atoms with van der Waals surface area (Å²) in [5.41, 5.74) is -1.82. The zero-order valence-electron chi connectivity index (χ0n) is 16.7. The van der Waals surface area contributed by atoms with Crippen LogP contribution in [0.1, 0.15) is 57.6 Å². The molecule has 2 aliphatic rings. The lowest BCUT2D eigenvalue weighted by atomic mass is 9.85. The topological polar surface area (TPSA) is 46.6 Å². The van der Waals surface area contributed by atoms with Crippen molar-refractivity contribution in [3.05, 3.63) is 35.1 Å². The van der Waals surface area contributed by atoms with E-state index in [1.54, 1.807) is 25.7 Å². The average Bonchev–Trinajstić information content (AvgIpc) is 2.84. The minimum atomic E-state index is -4.80. The predicted octanol–water partition coefficient (Wildman–Crippen LogP) is 5.13. The summed E-state index contributed by atoms with van der Waals surface area (Å²) in [5.74, 6) is -1.85. The van der Waals surface area contributed by atoms with Crippen LogP contribution < -0.4 is 0 Å². The molecule has 1 aromatic rings. The van der Waals surface area contributed by atoms with E-state index < -0.39 is 23.2 Å². The summed E-state index contributed by atoms with van der Waals surface area (Å²) in [7, 11) is 0. The third-order valence-corrected chi connectivity index (χ3v) is 5.51. The molecule has 0 saturated carbocycles. The molecule has 0 aliphatic carbocycles. The van der Waals surface area contributed by atoms with Gasteiger partial charge in [0.05, 0.1) is 5.56 Å². The summed E-state index contributed by atoms with van der Waals surface area (Å²) in [5, 5.41) is 0. The lowest BCUT2D eigenvalue weighted by Crippen LogP contribution is -2.49. The van der Waals surface area contributed by atoms with Gasteiger partial charge in [-0.15, -0.1) is 0 Å². The number of alkyl halides is 3. The highest BCUT2D eigenvalue weighted by Gasteiger charge is 2.46. The first-order valence-corrected chi connectivity index (χ1v) is 9.75. The molecule has 0 N–H and O–H groups in total. The van der Waals surface area contributed by atoms with Crippen molar-refractivity contribution in [3.63, 3.8) is 0 Å². The average molecular weight is 415 g/mol. The van der Waals surface area contributed by atoms with Crippen LogP contribution in [0.15, 0.2) is 18.2 Å². The van der Waals surface area contributed by atoms with Crippen molar-refractivity contribution in [2.45, 2.75) is 76.7 Å². The molecule has 0 aromatic heterocycles. The molecule has 29 heavy (non-hydrogen) atoms. The number of hydrogen-bond donors (Lipinski definition) is 0. The minimum Gasteiger partial charge on any atom is -0.444 e. The number of nitrogens with zero attached hydrogens (tertiary/aromatic N) is 1. The van der Waals surface area contributed by atoms with E-state index in [-0.39, 0.29) is 41.9 Å². The van der Waals surface area contributed by atoms with Crippen LogP contribution in [0.5, 0.6) is 0 Å². The first-order valence-electron chi connectivity index (χ1n) is 9.75. The van der Waals surface area contributed by atoms with Crippen LogP contribution in [0, 0.1) is 11.7 Å². The van der Waals surface area contributed by atoms with Crippen LogP contribution >= 0.6 is 0 Å². The first kappa shape index (κ1) is 21.6. The molecule has 2 aliphatic heterocycles. The lowest BCUT2D eigenvalue weighted by Gasteiger charge is -2.39. The van der Waals surface area contributed by atoms with Gasteiger partial charge in [0.15, 0.2) is 0 Å². The zero-order chi connectivity index (χ0) is 21.6. The van der Waals surface area contributed by atoms with Crippen molar-refractivity contribution >= 4 is 11.9 Å². The molecule has 2 bridgehead atoms. The summed E-state index contributed by atoms with van der Waals surface area (Å²) >= 11 is 0. The van der Waals surface area contributed by atoms with E-state index in [1.165, 1.54) is 6.07 Å². The van der Waals surface area contributed by atoms with Crippen LogP contribution in [0.4, 0.5) is 22.4 Å². The molecule has 2 heterocycles. The molecule has 4 nitrogen and oxygen atoms in total. The van der Waals surface area contributed by atoms with Gasteiger partial charge in [-0.1, -0.05) is 6.07 Å². The number of ether oxygens (including phenoxy) is 1. The van der Waals surface area contributed by atoms with Crippen LogP contribution in [0.25, 0.3) is 0 Å². The Hall–Kier alpha value is -2.12. The number of amides is 1. The Kier molecular flexibility index (Phi) is 5.66. The summed E-state index contributed by atoms with van der Waals surface area (Å²) < 4.78 is 57.6. The van der Waals surface area contributed by atoms with Gasteiger partial charge in [-0.05, 0) is 64.2 Å². The molecule has 2 fully saturated rings. The minimum absolute atomic E-state index is 0.100. The Balaban J connectivity index is 1.67. The number of halogens is 4. The highest BCUT2D eigenvalue weighted by atomic mass is 19.4. The van der Waals surface area contributed by atoms with E-state index >= 15 is 0 Å². The summed E-state index contributed by atoms with van der Waals surface area (Å²) in [4.78, 5) is 26.9. The summed E-state index contributed by atoms with van der Waals surface area (Å²) in [6, 6.07) is 2.47. The molecule has 3 rings (SSSR count). The van der Waals surface area contributed by atoms with E-state index in [0.717, 1.165) is 18.9 Å². The fraction of sp³-hybridized carbons (Fsp3) is 0.619. The van der Waals surface area contributed by atoms with Crippen molar-refractivity contribution in [2.24, 2.45) is 5.92 Å². The first-order chi connectivity index (χ1) is 13.3. The monoisotopic (exact) mass is 415 g/mol. The van der Waals surface area contributed by atoms with E-state index in [2.05, 4.69) is 0 Å². The van der Waals surface area contributed by atoms with Gasteiger partial charge >= 0.3 is 12.3 Å². The molecule has 0 radical (unpaired) electrons. The highest BCUT2D eigenvalue weighted by Crippen LogP contribution is 2.40. The molecule has 160 valence electrons. The third-order valence-electron chi connectivity index (χ3n) is 5.51. The zero-order valence-corrected chi connectivity index (χ0v) is 16.7. The van der Waals surface area contributed by atoms with Crippen molar-refractivity contribution in [1.29, 1.82) is 0 Å². The number of piperidine rings is 1.